The van der Waals surface area contributed by atoms with Crippen LogP contribution in [0.5, 0.6) is 0 Å². The standard InChI is InChI=1S/C7H5NO4.Ag/c9-6(10)4-1-2-5(7(11)12)8-3-4;/h1-3H,(H,9,10)(H,11,12);/p-2. The Balaban J connectivity index is 0.00000144. The van der Waals surface area contributed by atoms with Crippen LogP contribution in [0.25, 0.3) is 0 Å². The summed E-state index contributed by atoms with van der Waals surface area (Å²) in [5.74, 6) is -2.84. The van der Waals surface area contributed by atoms with Crippen LogP contribution in [0.2, 0.25) is 0 Å². The van der Waals surface area contributed by atoms with Crippen LogP contribution in [0.15, 0.2) is 18.3 Å². The number of aromatic nitrogens is 1. The molecule has 1 aromatic rings. The monoisotopic (exact) mass is 272 g/mol. The predicted molar refractivity (Wildman–Crippen MR) is 32.9 cm³/mol. The third-order valence-electron chi connectivity index (χ3n) is 1.21. The van der Waals surface area contributed by atoms with E-state index in [1.54, 1.807) is 0 Å². The molecule has 0 bridgehead atoms. The predicted octanol–water partition coefficient (Wildman–Crippen LogP) is -2.19. The molecule has 1 rings (SSSR count). The molecule has 0 aliphatic carbocycles. The van der Waals surface area contributed by atoms with Gasteiger partial charge in [0.1, 0.15) is 0 Å². The normalized spacial score (nSPS) is 8.62. The van der Waals surface area contributed by atoms with Gasteiger partial charge in [-0.25, -0.2) is 0 Å². The fourth-order valence-corrected chi connectivity index (χ4v) is 0.635. The van der Waals surface area contributed by atoms with Crippen molar-refractivity contribution in [3.8, 4) is 0 Å². The number of carboxylic acid groups (broad SMARTS) is 2. The van der Waals surface area contributed by atoms with Crippen LogP contribution in [0.4, 0.5) is 0 Å². The van der Waals surface area contributed by atoms with Crippen LogP contribution in [-0.2, 0) is 22.4 Å². The second-order valence-corrected chi connectivity index (χ2v) is 2.01. The summed E-state index contributed by atoms with van der Waals surface area (Å²) >= 11 is 0. The third kappa shape index (κ3) is 2.98. The van der Waals surface area contributed by atoms with Gasteiger partial charge in [-0.1, -0.05) is 0 Å². The Morgan fingerprint density at radius 1 is 1.15 bits per heavy atom. The first kappa shape index (κ1) is 11.8. The average molecular weight is 273 g/mol. The van der Waals surface area contributed by atoms with Crippen molar-refractivity contribution in [3.63, 3.8) is 0 Å². The summed E-state index contributed by atoms with van der Waals surface area (Å²) in [6, 6.07) is 2.13. The molecule has 1 heterocycles. The molecular formula is C7H3AgNO4-2. The SMILES string of the molecule is O=C([O-])c1ccc(C(=O)[O-])nc1.[Ag]. The van der Waals surface area contributed by atoms with Gasteiger partial charge in [0.2, 0.25) is 0 Å². The number of hydrogen-bond donors (Lipinski definition) is 0. The van der Waals surface area contributed by atoms with Gasteiger partial charge < -0.3 is 19.8 Å². The smallest absolute Gasteiger partial charge is 0.0899 e. The molecule has 0 aliphatic rings. The molecule has 6 heteroatoms. The molecule has 0 spiro atoms. The number of hydrogen-bond acceptors (Lipinski definition) is 5. The maximum atomic E-state index is 10.2. The third-order valence-corrected chi connectivity index (χ3v) is 1.21. The van der Waals surface area contributed by atoms with E-state index in [9.17, 15) is 19.8 Å². The molecule has 0 aliphatic heterocycles. The van der Waals surface area contributed by atoms with E-state index in [0.29, 0.717) is 0 Å². The van der Waals surface area contributed by atoms with Gasteiger partial charge in [0, 0.05) is 34.1 Å². The van der Waals surface area contributed by atoms with Crippen LogP contribution in [0.3, 0.4) is 0 Å². The van der Waals surface area contributed by atoms with Gasteiger partial charge in [0.05, 0.1) is 17.6 Å². The molecule has 0 saturated carbocycles. The number of rotatable bonds is 2. The Morgan fingerprint density at radius 3 is 2.08 bits per heavy atom. The van der Waals surface area contributed by atoms with E-state index in [1.165, 1.54) is 0 Å². The van der Waals surface area contributed by atoms with E-state index >= 15 is 0 Å². The zero-order chi connectivity index (χ0) is 9.14. The Labute approximate surface area is 88.9 Å². The molecule has 0 amide bonds. The van der Waals surface area contributed by atoms with Crippen LogP contribution in [0, 0.1) is 0 Å². The van der Waals surface area contributed by atoms with E-state index in [4.69, 9.17) is 0 Å². The van der Waals surface area contributed by atoms with E-state index in [1.807, 2.05) is 0 Å². The number of aromatic carboxylic acids is 2. The van der Waals surface area contributed by atoms with Crippen LogP contribution >= 0.6 is 0 Å². The number of carbonyl (C=O) groups excluding carboxylic acids is 2. The maximum Gasteiger partial charge on any atom is 0.0899 e. The fourth-order valence-electron chi connectivity index (χ4n) is 0.635. The van der Waals surface area contributed by atoms with Crippen LogP contribution in [0.1, 0.15) is 20.8 Å². The first-order valence-corrected chi connectivity index (χ1v) is 3.00. The summed E-state index contributed by atoms with van der Waals surface area (Å²) < 4.78 is 0. The quantitative estimate of drug-likeness (QED) is 0.570. The first-order chi connectivity index (χ1) is 5.61. The Hall–Kier alpha value is -1.17. The average Bonchev–Trinajstić information content (AvgIpc) is 2.04. The van der Waals surface area contributed by atoms with Crippen molar-refractivity contribution in [3.05, 3.63) is 29.6 Å². The van der Waals surface area contributed by atoms with Crippen molar-refractivity contribution in [2.45, 2.75) is 0 Å². The van der Waals surface area contributed by atoms with Gasteiger partial charge in [-0.05, 0) is 12.1 Å². The molecular weight excluding hydrogens is 270 g/mol. The Kier molecular flexibility index (Phi) is 4.33. The van der Waals surface area contributed by atoms with Crippen molar-refractivity contribution >= 4 is 11.9 Å². The van der Waals surface area contributed by atoms with Crippen molar-refractivity contribution in [1.29, 1.82) is 0 Å². The van der Waals surface area contributed by atoms with Gasteiger partial charge >= 0.3 is 0 Å². The largest absolute Gasteiger partial charge is 0.545 e. The molecule has 0 unspecified atom stereocenters. The molecule has 1 aromatic heterocycles. The van der Waals surface area contributed by atoms with Crippen molar-refractivity contribution in [2.24, 2.45) is 0 Å². The summed E-state index contributed by atoms with van der Waals surface area (Å²) in [7, 11) is 0. The molecule has 0 N–H and O–H groups in total. The molecule has 0 fully saturated rings. The summed E-state index contributed by atoms with van der Waals surface area (Å²) in [4.78, 5) is 23.6. The molecule has 0 aromatic carbocycles. The Morgan fingerprint density at radius 2 is 1.77 bits per heavy atom. The first-order valence-electron chi connectivity index (χ1n) is 3.00. The van der Waals surface area contributed by atoms with Gasteiger partial charge in [0.25, 0.3) is 0 Å². The fraction of sp³-hybridized carbons (Fsp3) is 0. The summed E-state index contributed by atoms with van der Waals surface area (Å²) in [6.07, 6.45) is 0.903. The van der Waals surface area contributed by atoms with Gasteiger partial charge in [-0.3, -0.25) is 4.98 Å². The Bertz CT molecular complexity index is 289. The van der Waals surface area contributed by atoms with Gasteiger partial charge in [0.15, 0.2) is 0 Å². The van der Waals surface area contributed by atoms with Crippen molar-refractivity contribution < 1.29 is 42.2 Å². The minimum absolute atomic E-state index is 0. The molecule has 13 heavy (non-hydrogen) atoms. The summed E-state index contributed by atoms with van der Waals surface area (Å²) in [5.41, 5.74) is -0.472. The number of carboxylic acids is 2. The zero-order valence-corrected chi connectivity index (χ0v) is 7.60. The number of carbonyl (C=O) groups is 2. The minimum atomic E-state index is -1.44. The van der Waals surface area contributed by atoms with E-state index in [0.717, 1.165) is 18.3 Å². The van der Waals surface area contributed by atoms with E-state index in [2.05, 4.69) is 4.98 Å². The summed E-state index contributed by atoms with van der Waals surface area (Å²) in [5, 5.41) is 20.3. The second-order valence-electron chi connectivity index (χ2n) is 2.01. The van der Waals surface area contributed by atoms with Gasteiger partial charge in [-0.15, -0.1) is 0 Å². The number of pyridine rings is 1. The number of nitrogens with zero attached hydrogens (tertiary/aromatic N) is 1. The summed E-state index contributed by atoms with van der Waals surface area (Å²) in [6.45, 7) is 0. The van der Waals surface area contributed by atoms with Crippen LogP contribution < -0.4 is 10.2 Å². The molecule has 0 atom stereocenters. The molecule has 0 saturated heterocycles. The van der Waals surface area contributed by atoms with Gasteiger partial charge in [-0.2, -0.15) is 0 Å². The molecule has 5 nitrogen and oxygen atoms in total. The van der Waals surface area contributed by atoms with E-state index < -0.39 is 11.9 Å². The molecule has 1 radical (unpaired) electrons. The minimum Gasteiger partial charge on any atom is -0.545 e. The van der Waals surface area contributed by atoms with E-state index in [-0.39, 0.29) is 33.6 Å². The van der Waals surface area contributed by atoms with Crippen LogP contribution in [-0.4, -0.2) is 16.9 Å². The zero-order valence-electron chi connectivity index (χ0n) is 6.11. The topological polar surface area (TPSA) is 93.1 Å². The van der Waals surface area contributed by atoms with Crippen molar-refractivity contribution in [1.82, 2.24) is 4.98 Å². The molecule has 73 valence electrons. The van der Waals surface area contributed by atoms with Crippen molar-refractivity contribution in [2.75, 3.05) is 0 Å². The second kappa shape index (κ2) is 4.76. The maximum absolute atomic E-state index is 10.2.